The van der Waals surface area contributed by atoms with Gasteiger partial charge in [-0.25, -0.2) is 0 Å². The normalized spacial score (nSPS) is 10.6. The molecule has 0 bridgehead atoms. The van der Waals surface area contributed by atoms with Gasteiger partial charge in [-0.3, -0.25) is 14.5 Å². The summed E-state index contributed by atoms with van der Waals surface area (Å²) in [5.74, 6) is 0.340. The van der Waals surface area contributed by atoms with E-state index in [1.165, 1.54) is 0 Å². The van der Waals surface area contributed by atoms with Gasteiger partial charge in [-0.15, -0.1) is 0 Å². The van der Waals surface area contributed by atoms with Crippen LogP contribution in [0.15, 0.2) is 77.4 Å². The SMILES string of the molecule is CN(CC(=O)NCc1ccco1)CC(=O)Nc1ccccc1-c1ccccc1. The highest BCUT2D eigenvalue weighted by atomic mass is 16.3. The molecule has 0 saturated carbocycles. The minimum absolute atomic E-state index is 0.108. The number of rotatable bonds is 8. The van der Waals surface area contributed by atoms with Gasteiger partial charge in [0.2, 0.25) is 11.8 Å². The Morgan fingerprint density at radius 3 is 2.36 bits per heavy atom. The molecule has 0 atom stereocenters. The number of carbonyl (C=O) groups excluding carboxylic acids is 2. The Morgan fingerprint density at radius 2 is 1.61 bits per heavy atom. The Labute approximate surface area is 164 Å². The maximum Gasteiger partial charge on any atom is 0.238 e. The van der Waals surface area contributed by atoms with Gasteiger partial charge in [-0.05, 0) is 30.8 Å². The molecule has 2 N–H and O–H groups in total. The molecule has 3 rings (SSSR count). The number of nitrogens with zero attached hydrogens (tertiary/aromatic N) is 1. The van der Waals surface area contributed by atoms with Crippen LogP contribution in [0.1, 0.15) is 5.76 Å². The van der Waals surface area contributed by atoms with Gasteiger partial charge in [0.15, 0.2) is 0 Å². The molecule has 0 spiro atoms. The molecule has 2 aromatic carbocycles. The van der Waals surface area contributed by atoms with Crippen LogP contribution in [0.25, 0.3) is 11.1 Å². The van der Waals surface area contributed by atoms with Crippen molar-refractivity contribution in [1.29, 1.82) is 0 Å². The zero-order valence-electron chi connectivity index (χ0n) is 15.7. The highest BCUT2D eigenvalue weighted by Crippen LogP contribution is 2.27. The lowest BCUT2D eigenvalue weighted by atomic mass is 10.0. The van der Waals surface area contributed by atoms with E-state index in [-0.39, 0.29) is 24.9 Å². The second-order valence-corrected chi connectivity index (χ2v) is 6.49. The second kappa shape index (κ2) is 9.53. The summed E-state index contributed by atoms with van der Waals surface area (Å²) in [5.41, 5.74) is 2.73. The number of likely N-dealkylation sites (N-methyl/N-ethyl adjacent to an activating group) is 1. The zero-order chi connectivity index (χ0) is 19.8. The highest BCUT2D eigenvalue weighted by Gasteiger charge is 2.13. The largest absolute Gasteiger partial charge is 0.467 e. The van der Waals surface area contributed by atoms with Crippen LogP contribution in [0.5, 0.6) is 0 Å². The Balaban J connectivity index is 1.52. The zero-order valence-corrected chi connectivity index (χ0v) is 15.7. The summed E-state index contributed by atoms with van der Waals surface area (Å²) in [6, 6.07) is 21.1. The van der Waals surface area contributed by atoms with Crippen molar-refractivity contribution in [2.24, 2.45) is 0 Å². The summed E-state index contributed by atoms with van der Waals surface area (Å²) in [6.07, 6.45) is 1.56. The molecule has 1 aromatic heterocycles. The Hall–Kier alpha value is -3.38. The number of para-hydroxylation sites is 1. The van der Waals surface area contributed by atoms with E-state index in [1.807, 2.05) is 54.6 Å². The molecule has 0 unspecified atom stereocenters. The summed E-state index contributed by atoms with van der Waals surface area (Å²) < 4.78 is 5.18. The van der Waals surface area contributed by atoms with Crippen LogP contribution in [0, 0.1) is 0 Å². The molecule has 6 nitrogen and oxygen atoms in total. The van der Waals surface area contributed by atoms with Crippen LogP contribution in [-0.4, -0.2) is 36.9 Å². The quantitative estimate of drug-likeness (QED) is 0.632. The Bertz CT molecular complexity index is 908. The molecular weight excluding hydrogens is 354 g/mol. The third-order valence-corrected chi connectivity index (χ3v) is 4.15. The van der Waals surface area contributed by atoms with Crippen molar-refractivity contribution in [2.75, 3.05) is 25.5 Å². The predicted octanol–water partition coefficient (Wildman–Crippen LogP) is 3.13. The molecule has 0 aliphatic carbocycles. The molecule has 6 heteroatoms. The van der Waals surface area contributed by atoms with Crippen LogP contribution in [0.3, 0.4) is 0 Å². The van der Waals surface area contributed by atoms with Crippen LogP contribution in [0.2, 0.25) is 0 Å². The molecular formula is C22H23N3O3. The third kappa shape index (κ3) is 5.56. The fourth-order valence-corrected chi connectivity index (χ4v) is 2.85. The molecule has 0 aliphatic rings. The van der Waals surface area contributed by atoms with E-state index in [4.69, 9.17) is 4.42 Å². The summed E-state index contributed by atoms with van der Waals surface area (Å²) in [6.45, 7) is 0.558. The van der Waals surface area contributed by atoms with E-state index in [0.717, 1.165) is 16.8 Å². The van der Waals surface area contributed by atoms with Gasteiger partial charge in [0, 0.05) is 11.3 Å². The van der Waals surface area contributed by atoms with E-state index >= 15 is 0 Å². The molecule has 0 saturated heterocycles. The minimum atomic E-state index is -0.176. The molecule has 0 fully saturated rings. The summed E-state index contributed by atoms with van der Waals surface area (Å²) in [5, 5.41) is 5.70. The maximum absolute atomic E-state index is 12.4. The second-order valence-electron chi connectivity index (χ2n) is 6.49. The first-order valence-corrected chi connectivity index (χ1v) is 9.04. The fourth-order valence-electron chi connectivity index (χ4n) is 2.85. The Morgan fingerprint density at radius 1 is 0.893 bits per heavy atom. The summed E-state index contributed by atoms with van der Waals surface area (Å²) >= 11 is 0. The molecule has 3 aromatic rings. The molecule has 1 heterocycles. The average Bonchev–Trinajstić information content (AvgIpc) is 3.21. The first kappa shape index (κ1) is 19.4. The smallest absolute Gasteiger partial charge is 0.238 e. The van der Waals surface area contributed by atoms with Gasteiger partial charge < -0.3 is 15.1 Å². The fraction of sp³-hybridized carbons (Fsp3) is 0.182. The number of furan rings is 1. The standard InChI is InChI=1S/C22H23N3O3/c1-25(15-21(26)23-14-18-10-7-13-28-18)16-22(27)24-20-12-6-5-11-19(20)17-8-3-2-4-9-17/h2-13H,14-16H2,1H3,(H,23,26)(H,24,27). The van der Waals surface area contributed by atoms with E-state index in [2.05, 4.69) is 10.6 Å². The lowest BCUT2D eigenvalue weighted by molar-refractivity contribution is -0.123. The minimum Gasteiger partial charge on any atom is -0.467 e. The molecule has 28 heavy (non-hydrogen) atoms. The first-order valence-electron chi connectivity index (χ1n) is 9.04. The third-order valence-electron chi connectivity index (χ3n) is 4.15. The van der Waals surface area contributed by atoms with E-state index < -0.39 is 0 Å². The topological polar surface area (TPSA) is 74.6 Å². The van der Waals surface area contributed by atoms with Crippen LogP contribution < -0.4 is 10.6 Å². The van der Waals surface area contributed by atoms with E-state index in [9.17, 15) is 9.59 Å². The van der Waals surface area contributed by atoms with Gasteiger partial charge in [0.05, 0.1) is 25.9 Å². The van der Waals surface area contributed by atoms with Gasteiger partial charge in [-0.2, -0.15) is 0 Å². The van der Waals surface area contributed by atoms with Crippen molar-refractivity contribution in [2.45, 2.75) is 6.54 Å². The van der Waals surface area contributed by atoms with Crippen molar-refractivity contribution < 1.29 is 14.0 Å². The maximum atomic E-state index is 12.4. The van der Waals surface area contributed by atoms with Crippen molar-refractivity contribution in [3.63, 3.8) is 0 Å². The summed E-state index contributed by atoms with van der Waals surface area (Å²) in [7, 11) is 1.73. The number of carbonyl (C=O) groups is 2. The monoisotopic (exact) mass is 377 g/mol. The van der Waals surface area contributed by atoms with Crippen molar-refractivity contribution in [3.8, 4) is 11.1 Å². The van der Waals surface area contributed by atoms with Crippen LogP contribution >= 0.6 is 0 Å². The van der Waals surface area contributed by atoms with E-state index in [1.54, 1.807) is 30.3 Å². The summed E-state index contributed by atoms with van der Waals surface area (Å²) in [4.78, 5) is 26.1. The van der Waals surface area contributed by atoms with Crippen LogP contribution in [0.4, 0.5) is 5.69 Å². The van der Waals surface area contributed by atoms with Gasteiger partial charge in [0.1, 0.15) is 5.76 Å². The first-order chi connectivity index (χ1) is 13.6. The Kier molecular flexibility index (Phi) is 6.59. The lowest BCUT2D eigenvalue weighted by Crippen LogP contribution is -2.38. The molecule has 0 aliphatic heterocycles. The molecule has 0 radical (unpaired) electrons. The molecule has 2 amide bonds. The van der Waals surface area contributed by atoms with Crippen molar-refractivity contribution in [3.05, 3.63) is 78.8 Å². The van der Waals surface area contributed by atoms with Crippen LogP contribution in [-0.2, 0) is 16.1 Å². The number of nitrogens with one attached hydrogen (secondary N) is 2. The number of amides is 2. The van der Waals surface area contributed by atoms with Gasteiger partial charge in [0.25, 0.3) is 0 Å². The average molecular weight is 377 g/mol. The molecule has 144 valence electrons. The van der Waals surface area contributed by atoms with Crippen molar-refractivity contribution in [1.82, 2.24) is 10.2 Å². The number of benzene rings is 2. The van der Waals surface area contributed by atoms with Gasteiger partial charge in [-0.1, -0.05) is 48.5 Å². The predicted molar refractivity (Wildman–Crippen MR) is 109 cm³/mol. The highest BCUT2D eigenvalue weighted by molar-refractivity contribution is 5.96. The number of hydrogen-bond acceptors (Lipinski definition) is 4. The number of anilines is 1. The lowest BCUT2D eigenvalue weighted by Gasteiger charge is -2.17. The van der Waals surface area contributed by atoms with Gasteiger partial charge >= 0.3 is 0 Å². The van der Waals surface area contributed by atoms with E-state index in [0.29, 0.717) is 12.3 Å². The van der Waals surface area contributed by atoms with Crippen molar-refractivity contribution >= 4 is 17.5 Å². The number of hydrogen-bond donors (Lipinski definition) is 2.